The Morgan fingerprint density at radius 2 is 1.74 bits per heavy atom. The summed E-state index contributed by atoms with van der Waals surface area (Å²) in [6, 6.07) is 16.3. The molecule has 0 aliphatic carbocycles. The molecule has 0 fully saturated rings. The fraction of sp³-hybridized carbons (Fsp3) is 0.176. The lowest BCUT2D eigenvalue weighted by atomic mass is 10.0. The number of hydrogen-bond donors (Lipinski definition) is 0. The van der Waals surface area contributed by atoms with E-state index in [1.807, 2.05) is 30.3 Å². The molecule has 0 saturated carbocycles. The van der Waals surface area contributed by atoms with E-state index in [0.717, 1.165) is 23.5 Å². The second-order valence-electron chi connectivity index (χ2n) is 4.48. The highest BCUT2D eigenvalue weighted by molar-refractivity contribution is 5.95. The van der Waals surface area contributed by atoms with Crippen molar-refractivity contribution in [3.8, 4) is 16.9 Å². The van der Waals surface area contributed by atoms with Crippen LogP contribution in [0.25, 0.3) is 22.1 Å². The fourth-order valence-electron chi connectivity index (χ4n) is 2.42. The van der Waals surface area contributed by atoms with Crippen LogP contribution in [0, 0.1) is 0 Å². The standard InChI is InChI=1S/C17H16O2/c1-3-15-17(12-8-10-13(18-2)11-9-12)14-6-4-5-7-16(14)19-15/h4-11H,3H2,1-2H3. The Kier molecular flexibility index (Phi) is 3.00. The summed E-state index contributed by atoms with van der Waals surface area (Å²) in [7, 11) is 1.68. The summed E-state index contributed by atoms with van der Waals surface area (Å²) in [4.78, 5) is 0. The molecule has 0 aliphatic heterocycles. The molecule has 0 N–H and O–H groups in total. The Morgan fingerprint density at radius 1 is 1.00 bits per heavy atom. The van der Waals surface area contributed by atoms with Gasteiger partial charge in [0.15, 0.2) is 0 Å². The van der Waals surface area contributed by atoms with Crippen LogP contribution < -0.4 is 4.74 Å². The van der Waals surface area contributed by atoms with E-state index < -0.39 is 0 Å². The number of aryl methyl sites for hydroxylation is 1. The van der Waals surface area contributed by atoms with Crippen LogP contribution in [0.3, 0.4) is 0 Å². The van der Waals surface area contributed by atoms with Gasteiger partial charge >= 0.3 is 0 Å². The minimum Gasteiger partial charge on any atom is -0.497 e. The van der Waals surface area contributed by atoms with Gasteiger partial charge in [-0.05, 0) is 23.8 Å². The first kappa shape index (κ1) is 11.8. The van der Waals surface area contributed by atoms with E-state index in [9.17, 15) is 0 Å². The van der Waals surface area contributed by atoms with Gasteiger partial charge in [0, 0.05) is 17.4 Å². The zero-order chi connectivity index (χ0) is 13.2. The SMILES string of the molecule is CCc1oc2ccccc2c1-c1ccc(OC)cc1. The molecule has 1 heterocycles. The zero-order valence-electron chi connectivity index (χ0n) is 11.1. The van der Waals surface area contributed by atoms with Gasteiger partial charge in [-0.1, -0.05) is 37.3 Å². The highest BCUT2D eigenvalue weighted by Gasteiger charge is 2.14. The van der Waals surface area contributed by atoms with Crippen molar-refractivity contribution < 1.29 is 9.15 Å². The second kappa shape index (κ2) is 4.81. The first-order chi connectivity index (χ1) is 9.33. The summed E-state index contributed by atoms with van der Waals surface area (Å²) >= 11 is 0. The minimum atomic E-state index is 0.870. The molecule has 2 heteroatoms. The third kappa shape index (κ3) is 1.99. The molecule has 0 spiro atoms. The number of benzene rings is 2. The predicted molar refractivity (Wildman–Crippen MR) is 77.6 cm³/mol. The number of methoxy groups -OCH3 is 1. The molecule has 19 heavy (non-hydrogen) atoms. The van der Waals surface area contributed by atoms with Gasteiger partial charge in [-0.2, -0.15) is 0 Å². The van der Waals surface area contributed by atoms with Crippen molar-refractivity contribution in [2.45, 2.75) is 13.3 Å². The van der Waals surface area contributed by atoms with Crippen LogP contribution >= 0.6 is 0 Å². The van der Waals surface area contributed by atoms with Crippen molar-refractivity contribution in [2.75, 3.05) is 7.11 Å². The zero-order valence-corrected chi connectivity index (χ0v) is 11.1. The monoisotopic (exact) mass is 252 g/mol. The van der Waals surface area contributed by atoms with E-state index in [1.165, 1.54) is 16.5 Å². The van der Waals surface area contributed by atoms with Crippen molar-refractivity contribution >= 4 is 11.0 Å². The highest BCUT2D eigenvalue weighted by atomic mass is 16.5. The van der Waals surface area contributed by atoms with Crippen LogP contribution in [0.1, 0.15) is 12.7 Å². The van der Waals surface area contributed by atoms with Crippen molar-refractivity contribution in [1.29, 1.82) is 0 Å². The van der Waals surface area contributed by atoms with Gasteiger partial charge in [0.1, 0.15) is 17.1 Å². The Labute approximate surface area is 112 Å². The molecule has 96 valence electrons. The van der Waals surface area contributed by atoms with Gasteiger partial charge in [0.2, 0.25) is 0 Å². The minimum absolute atomic E-state index is 0.870. The smallest absolute Gasteiger partial charge is 0.134 e. The number of rotatable bonds is 3. The maximum Gasteiger partial charge on any atom is 0.134 e. The Morgan fingerprint density at radius 3 is 2.42 bits per heavy atom. The molecule has 3 rings (SSSR count). The van der Waals surface area contributed by atoms with Crippen LogP contribution in [-0.4, -0.2) is 7.11 Å². The quantitative estimate of drug-likeness (QED) is 0.675. The maximum absolute atomic E-state index is 5.93. The number of hydrogen-bond acceptors (Lipinski definition) is 2. The summed E-state index contributed by atoms with van der Waals surface area (Å²) in [6.07, 6.45) is 0.885. The summed E-state index contributed by atoms with van der Waals surface area (Å²) in [5.74, 6) is 1.90. The van der Waals surface area contributed by atoms with Crippen molar-refractivity contribution in [1.82, 2.24) is 0 Å². The summed E-state index contributed by atoms with van der Waals surface area (Å²) in [6.45, 7) is 2.12. The summed E-state index contributed by atoms with van der Waals surface area (Å²) in [5.41, 5.74) is 3.31. The molecule has 2 nitrogen and oxygen atoms in total. The van der Waals surface area contributed by atoms with E-state index in [4.69, 9.17) is 9.15 Å². The van der Waals surface area contributed by atoms with Crippen LogP contribution in [-0.2, 0) is 6.42 Å². The van der Waals surface area contributed by atoms with Crippen LogP contribution in [0.2, 0.25) is 0 Å². The van der Waals surface area contributed by atoms with E-state index in [1.54, 1.807) is 7.11 Å². The third-order valence-corrected chi connectivity index (χ3v) is 3.37. The second-order valence-corrected chi connectivity index (χ2v) is 4.48. The molecular formula is C17H16O2. The van der Waals surface area contributed by atoms with E-state index in [2.05, 4.69) is 25.1 Å². The Hall–Kier alpha value is -2.22. The average Bonchev–Trinajstić information content (AvgIpc) is 2.86. The van der Waals surface area contributed by atoms with E-state index in [-0.39, 0.29) is 0 Å². The molecular weight excluding hydrogens is 236 g/mol. The number of fused-ring (bicyclic) bond motifs is 1. The van der Waals surface area contributed by atoms with Gasteiger partial charge in [-0.25, -0.2) is 0 Å². The van der Waals surface area contributed by atoms with Gasteiger partial charge in [-0.3, -0.25) is 0 Å². The van der Waals surface area contributed by atoms with Gasteiger partial charge in [-0.15, -0.1) is 0 Å². The molecule has 0 radical (unpaired) electrons. The lowest BCUT2D eigenvalue weighted by Gasteiger charge is -2.04. The third-order valence-electron chi connectivity index (χ3n) is 3.37. The summed E-state index contributed by atoms with van der Waals surface area (Å²) < 4.78 is 11.1. The molecule has 0 aliphatic rings. The molecule has 0 atom stereocenters. The topological polar surface area (TPSA) is 22.4 Å². The molecule has 3 aromatic rings. The van der Waals surface area contributed by atoms with Crippen LogP contribution in [0.4, 0.5) is 0 Å². The van der Waals surface area contributed by atoms with Crippen LogP contribution in [0.5, 0.6) is 5.75 Å². The predicted octanol–water partition coefficient (Wildman–Crippen LogP) is 4.67. The molecule has 2 aromatic carbocycles. The van der Waals surface area contributed by atoms with Gasteiger partial charge in [0.05, 0.1) is 7.11 Å². The molecule has 0 saturated heterocycles. The van der Waals surface area contributed by atoms with Crippen LogP contribution in [0.15, 0.2) is 52.9 Å². The van der Waals surface area contributed by atoms with Gasteiger partial charge < -0.3 is 9.15 Å². The number of para-hydroxylation sites is 1. The van der Waals surface area contributed by atoms with Crippen molar-refractivity contribution in [3.05, 3.63) is 54.3 Å². The molecule has 0 amide bonds. The van der Waals surface area contributed by atoms with Crippen molar-refractivity contribution in [3.63, 3.8) is 0 Å². The largest absolute Gasteiger partial charge is 0.497 e. The molecule has 0 bridgehead atoms. The average molecular weight is 252 g/mol. The normalized spacial score (nSPS) is 10.8. The molecule has 0 unspecified atom stereocenters. The number of ether oxygens (including phenoxy) is 1. The number of furan rings is 1. The molecule has 1 aromatic heterocycles. The lowest BCUT2D eigenvalue weighted by Crippen LogP contribution is -1.85. The Balaban J connectivity index is 2.21. The van der Waals surface area contributed by atoms with E-state index in [0.29, 0.717) is 0 Å². The maximum atomic E-state index is 5.93. The lowest BCUT2D eigenvalue weighted by molar-refractivity contribution is 0.415. The first-order valence-corrected chi connectivity index (χ1v) is 6.48. The Bertz CT molecular complexity index is 693. The fourth-order valence-corrected chi connectivity index (χ4v) is 2.42. The first-order valence-electron chi connectivity index (χ1n) is 6.48. The van der Waals surface area contributed by atoms with Gasteiger partial charge in [0.25, 0.3) is 0 Å². The van der Waals surface area contributed by atoms with Crippen molar-refractivity contribution in [2.24, 2.45) is 0 Å². The van der Waals surface area contributed by atoms with E-state index >= 15 is 0 Å². The summed E-state index contributed by atoms with van der Waals surface area (Å²) in [5, 5.41) is 1.17. The highest BCUT2D eigenvalue weighted by Crippen LogP contribution is 2.35.